The second-order valence-corrected chi connectivity index (χ2v) is 9.40. The average molecular weight is 488 g/mol. The molecule has 8 nitrogen and oxygen atoms in total. The minimum Gasteiger partial charge on any atom is -0.452 e. The Morgan fingerprint density at radius 3 is 2.76 bits per heavy atom. The predicted octanol–water partition coefficient (Wildman–Crippen LogP) is 3.15. The predicted molar refractivity (Wildman–Crippen MR) is 127 cm³/mol. The van der Waals surface area contributed by atoms with E-state index in [0.717, 1.165) is 36.1 Å². The monoisotopic (exact) mass is 487 g/mol. The van der Waals surface area contributed by atoms with Gasteiger partial charge in [0.05, 0.1) is 23.5 Å². The van der Waals surface area contributed by atoms with Gasteiger partial charge in [-0.2, -0.15) is 5.26 Å². The first-order valence-corrected chi connectivity index (χ1v) is 12.3. The maximum atomic E-state index is 12.6. The van der Waals surface area contributed by atoms with E-state index in [1.807, 2.05) is 0 Å². The largest absolute Gasteiger partial charge is 0.452 e. The molecule has 0 spiro atoms. The van der Waals surface area contributed by atoms with Gasteiger partial charge >= 0.3 is 5.97 Å². The summed E-state index contributed by atoms with van der Waals surface area (Å²) >= 11 is 2.63. The van der Waals surface area contributed by atoms with Gasteiger partial charge in [-0.15, -0.1) is 23.1 Å². The van der Waals surface area contributed by atoms with Crippen LogP contribution < -0.4 is 10.6 Å². The van der Waals surface area contributed by atoms with Gasteiger partial charge in [-0.3, -0.25) is 9.59 Å². The molecular formula is C23H25N3O5S2. The number of hydrogen-bond acceptors (Lipinski definition) is 8. The first-order chi connectivity index (χ1) is 16.0. The van der Waals surface area contributed by atoms with Gasteiger partial charge in [0.25, 0.3) is 5.91 Å². The van der Waals surface area contributed by atoms with E-state index < -0.39 is 18.5 Å². The van der Waals surface area contributed by atoms with E-state index in [1.54, 1.807) is 31.4 Å². The highest BCUT2D eigenvalue weighted by Crippen LogP contribution is 2.37. The van der Waals surface area contributed by atoms with Crippen LogP contribution in [0.4, 0.5) is 5.00 Å². The summed E-state index contributed by atoms with van der Waals surface area (Å²) in [6.07, 6.45) is 3.88. The molecule has 0 aliphatic heterocycles. The normalized spacial score (nSPS) is 12.4. The Hall–Kier alpha value is -2.87. The zero-order chi connectivity index (χ0) is 23.6. The number of carbonyl (C=O) groups is 3. The molecule has 1 heterocycles. The Bertz CT molecular complexity index is 1060. The van der Waals surface area contributed by atoms with E-state index in [-0.39, 0.29) is 17.2 Å². The van der Waals surface area contributed by atoms with Crippen LogP contribution in [0, 0.1) is 11.3 Å². The van der Waals surface area contributed by atoms with Crippen LogP contribution >= 0.6 is 23.1 Å². The third-order valence-electron chi connectivity index (χ3n) is 4.96. The quantitative estimate of drug-likeness (QED) is 0.300. The number of amides is 2. The standard InChI is InChI=1S/C23H25N3O5S2/c1-30-11-10-25-21(28)14-32-18-8-4-3-7-16(18)23(29)31-13-20(27)26-22-17(12-24)15-6-2-5-9-19(15)33-22/h3-4,7-8H,2,5-6,9-11,13-14H2,1H3,(H,25,28)(H,26,27). The number of thiophene rings is 1. The van der Waals surface area contributed by atoms with E-state index in [2.05, 4.69) is 16.7 Å². The molecule has 2 aromatic rings. The molecule has 0 saturated carbocycles. The topological polar surface area (TPSA) is 118 Å². The molecule has 2 N–H and O–H groups in total. The number of ether oxygens (including phenoxy) is 2. The number of nitrogens with one attached hydrogen (secondary N) is 2. The maximum absolute atomic E-state index is 12.6. The number of rotatable bonds is 10. The summed E-state index contributed by atoms with van der Waals surface area (Å²) in [5.41, 5.74) is 1.82. The van der Waals surface area contributed by atoms with E-state index in [4.69, 9.17) is 9.47 Å². The van der Waals surface area contributed by atoms with Crippen LogP contribution in [0.1, 0.15) is 39.2 Å². The van der Waals surface area contributed by atoms with Gasteiger partial charge in [-0.25, -0.2) is 4.79 Å². The highest BCUT2D eigenvalue weighted by molar-refractivity contribution is 8.00. The second kappa shape index (κ2) is 12.4. The lowest BCUT2D eigenvalue weighted by Crippen LogP contribution is -2.28. The van der Waals surface area contributed by atoms with E-state index in [9.17, 15) is 19.6 Å². The van der Waals surface area contributed by atoms with Crippen LogP contribution in [0.25, 0.3) is 0 Å². The zero-order valence-corrected chi connectivity index (χ0v) is 19.9. The summed E-state index contributed by atoms with van der Waals surface area (Å²) in [6, 6.07) is 8.95. The molecule has 33 heavy (non-hydrogen) atoms. The molecule has 1 aliphatic rings. The lowest BCUT2D eigenvalue weighted by Gasteiger charge is -2.10. The molecule has 0 bridgehead atoms. The first kappa shape index (κ1) is 24.8. The van der Waals surface area contributed by atoms with Crippen LogP contribution in [0.15, 0.2) is 29.2 Å². The van der Waals surface area contributed by atoms with Gasteiger partial charge in [0.2, 0.25) is 5.91 Å². The average Bonchev–Trinajstić information content (AvgIpc) is 3.18. The molecule has 1 aromatic heterocycles. The molecule has 0 radical (unpaired) electrons. The third kappa shape index (κ3) is 6.81. The van der Waals surface area contributed by atoms with E-state index in [1.165, 1.54) is 23.1 Å². The van der Waals surface area contributed by atoms with E-state index in [0.29, 0.717) is 28.6 Å². The van der Waals surface area contributed by atoms with Gasteiger partial charge < -0.3 is 20.1 Å². The van der Waals surface area contributed by atoms with Crippen molar-refractivity contribution in [2.24, 2.45) is 0 Å². The van der Waals surface area contributed by atoms with Gasteiger partial charge in [-0.05, 0) is 43.4 Å². The fourth-order valence-electron chi connectivity index (χ4n) is 3.39. The highest BCUT2D eigenvalue weighted by Gasteiger charge is 2.22. The number of carbonyl (C=O) groups excluding carboxylic acids is 3. The van der Waals surface area contributed by atoms with Crippen molar-refractivity contribution in [2.45, 2.75) is 30.6 Å². The van der Waals surface area contributed by atoms with Crippen molar-refractivity contribution in [2.75, 3.05) is 37.9 Å². The third-order valence-corrected chi connectivity index (χ3v) is 7.25. The SMILES string of the molecule is COCCNC(=O)CSc1ccccc1C(=O)OCC(=O)Nc1sc2c(c1C#N)CCCC2. The first-order valence-electron chi connectivity index (χ1n) is 10.5. The van der Waals surface area contributed by atoms with Gasteiger partial charge in [0.15, 0.2) is 6.61 Å². The molecule has 1 aromatic carbocycles. The van der Waals surface area contributed by atoms with Crippen molar-refractivity contribution in [1.29, 1.82) is 5.26 Å². The minimum atomic E-state index is -0.654. The Morgan fingerprint density at radius 2 is 1.97 bits per heavy atom. The Morgan fingerprint density at radius 1 is 1.18 bits per heavy atom. The van der Waals surface area contributed by atoms with Crippen molar-refractivity contribution in [3.8, 4) is 6.07 Å². The van der Waals surface area contributed by atoms with Crippen LogP contribution in [0.2, 0.25) is 0 Å². The second-order valence-electron chi connectivity index (χ2n) is 7.28. The van der Waals surface area contributed by atoms with Crippen molar-refractivity contribution < 1.29 is 23.9 Å². The molecule has 2 amide bonds. The summed E-state index contributed by atoms with van der Waals surface area (Å²) < 4.78 is 10.1. The van der Waals surface area contributed by atoms with Crippen molar-refractivity contribution in [3.63, 3.8) is 0 Å². The van der Waals surface area contributed by atoms with E-state index >= 15 is 0 Å². The number of anilines is 1. The van der Waals surface area contributed by atoms with Crippen molar-refractivity contribution in [3.05, 3.63) is 45.8 Å². The Kier molecular flexibility index (Phi) is 9.30. The Labute approximate surface area is 200 Å². The molecule has 0 atom stereocenters. The summed E-state index contributed by atoms with van der Waals surface area (Å²) in [6.45, 7) is 0.365. The fourth-order valence-corrected chi connectivity index (χ4v) is 5.52. The van der Waals surface area contributed by atoms with Crippen LogP contribution in [-0.4, -0.2) is 50.4 Å². The molecule has 0 unspecified atom stereocenters. The van der Waals surface area contributed by atoms with Gasteiger partial charge in [-0.1, -0.05) is 12.1 Å². The van der Waals surface area contributed by atoms with Crippen LogP contribution in [0.5, 0.6) is 0 Å². The van der Waals surface area contributed by atoms with Gasteiger partial charge in [0.1, 0.15) is 11.1 Å². The molecule has 174 valence electrons. The number of thioether (sulfide) groups is 1. The number of nitrogens with zero attached hydrogens (tertiary/aromatic N) is 1. The molecule has 10 heteroatoms. The summed E-state index contributed by atoms with van der Waals surface area (Å²) in [5.74, 6) is -1.19. The summed E-state index contributed by atoms with van der Waals surface area (Å²) in [7, 11) is 1.55. The number of aryl methyl sites for hydroxylation is 1. The molecule has 3 rings (SSSR count). The van der Waals surface area contributed by atoms with Crippen molar-refractivity contribution in [1.82, 2.24) is 5.32 Å². The van der Waals surface area contributed by atoms with Crippen LogP contribution in [0.3, 0.4) is 0 Å². The molecular weight excluding hydrogens is 462 g/mol. The number of hydrogen-bond donors (Lipinski definition) is 2. The number of methoxy groups -OCH3 is 1. The fraction of sp³-hybridized carbons (Fsp3) is 0.391. The zero-order valence-electron chi connectivity index (χ0n) is 18.3. The molecule has 1 aliphatic carbocycles. The maximum Gasteiger partial charge on any atom is 0.339 e. The lowest BCUT2D eigenvalue weighted by molar-refractivity contribution is -0.119. The number of esters is 1. The molecule has 0 fully saturated rings. The minimum absolute atomic E-state index is 0.133. The van der Waals surface area contributed by atoms with Crippen molar-refractivity contribution >= 4 is 45.9 Å². The molecule has 0 saturated heterocycles. The number of fused-ring (bicyclic) bond motifs is 1. The number of benzene rings is 1. The van der Waals surface area contributed by atoms with Crippen LogP contribution in [-0.2, 0) is 31.9 Å². The summed E-state index contributed by atoms with van der Waals surface area (Å²) in [5, 5.41) is 15.5. The highest BCUT2D eigenvalue weighted by atomic mass is 32.2. The smallest absolute Gasteiger partial charge is 0.339 e. The summed E-state index contributed by atoms with van der Waals surface area (Å²) in [4.78, 5) is 38.6. The van der Waals surface area contributed by atoms with Gasteiger partial charge in [0, 0.05) is 23.4 Å². The number of nitriles is 1. The Balaban J connectivity index is 1.55. The lowest BCUT2D eigenvalue weighted by atomic mass is 9.96.